The summed E-state index contributed by atoms with van der Waals surface area (Å²) in [6.07, 6.45) is 8.72. The third-order valence-electron chi connectivity index (χ3n) is 8.03. The monoisotopic (exact) mass is 600 g/mol. The van der Waals surface area contributed by atoms with Crippen LogP contribution in [-0.2, 0) is 16.1 Å². The van der Waals surface area contributed by atoms with Crippen molar-refractivity contribution in [3.8, 4) is 22.9 Å². The van der Waals surface area contributed by atoms with E-state index in [0.717, 1.165) is 74.4 Å². The van der Waals surface area contributed by atoms with Crippen molar-refractivity contribution in [3.63, 3.8) is 0 Å². The summed E-state index contributed by atoms with van der Waals surface area (Å²) in [5, 5.41) is 20.3. The number of carboxylic acids is 1. The smallest absolute Gasteiger partial charge is 0.320 e. The summed E-state index contributed by atoms with van der Waals surface area (Å²) in [4.78, 5) is 20.8. The van der Waals surface area contributed by atoms with Crippen LogP contribution in [0.15, 0.2) is 54.7 Å². The second kappa shape index (κ2) is 15.1. The van der Waals surface area contributed by atoms with Gasteiger partial charge in [-0.2, -0.15) is 5.26 Å². The highest BCUT2D eigenvalue weighted by Crippen LogP contribution is 2.32. The van der Waals surface area contributed by atoms with Crippen LogP contribution in [-0.4, -0.2) is 77.9 Å². The number of hydrogen-bond donors (Lipinski definition) is 1. The number of piperidine rings is 1. The van der Waals surface area contributed by atoms with E-state index in [1.807, 2.05) is 59.5 Å². The first-order valence-corrected chi connectivity index (χ1v) is 15.3. The van der Waals surface area contributed by atoms with Crippen LogP contribution in [0, 0.1) is 11.3 Å². The van der Waals surface area contributed by atoms with Crippen molar-refractivity contribution in [2.45, 2.75) is 38.3 Å². The highest BCUT2D eigenvalue weighted by Gasteiger charge is 2.29. The number of pyridine rings is 1. The van der Waals surface area contributed by atoms with Gasteiger partial charge in [-0.15, -0.1) is 0 Å². The number of benzene rings is 2. The van der Waals surface area contributed by atoms with Crippen LogP contribution in [0.5, 0.6) is 5.75 Å². The van der Waals surface area contributed by atoms with Gasteiger partial charge in [-0.1, -0.05) is 54.4 Å². The quantitative estimate of drug-likeness (QED) is 0.268. The fraction of sp³-hybridized carbons (Fsp3) is 0.382. The fourth-order valence-corrected chi connectivity index (χ4v) is 5.97. The molecule has 0 aliphatic carbocycles. The summed E-state index contributed by atoms with van der Waals surface area (Å²) in [6, 6.07) is 17.2. The topological polar surface area (TPSA) is 98.9 Å². The van der Waals surface area contributed by atoms with Crippen LogP contribution in [0.2, 0.25) is 5.02 Å². The third-order valence-corrected chi connectivity index (χ3v) is 8.36. The SMILES string of the molecule is N#Cc1c(-c2ccccc2)ccnc1/C=C/c1cc(OCCCN2CCOCC2)c(CN2CCCCC2C(=O)O)cc1Cl. The van der Waals surface area contributed by atoms with Gasteiger partial charge in [-0.3, -0.25) is 19.6 Å². The lowest BCUT2D eigenvalue weighted by atomic mass is 9.99. The molecule has 2 saturated heterocycles. The number of nitrogens with zero attached hydrogens (tertiary/aromatic N) is 4. The molecule has 2 aromatic carbocycles. The Labute approximate surface area is 258 Å². The van der Waals surface area contributed by atoms with Crippen molar-refractivity contribution in [3.05, 3.63) is 82.1 Å². The molecule has 224 valence electrons. The lowest BCUT2D eigenvalue weighted by Crippen LogP contribution is -2.44. The van der Waals surface area contributed by atoms with E-state index in [9.17, 15) is 15.2 Å². The maximum Gasteiger partial charge on any atom is 0.320 e. The number of aromatic nitrogens is 1. The molecule has 43 heavy (non-hydrogen) atoms. The van der Waals surface area contributed by atoms with Crippen LogP contribution < -0.4 is 4.74 Å². The number of nitriles is 1. The zero-order chi connectivity index (χ0) is 30.0. The Morgan fingerprint density at radius 1 is 1.14 bits per heavy atom. The summed E-state index contributed by atoms with van der Waals surface area (Å²) in [5.74, 6) is -0.107. The molecule has 1 atom stereocenters. The number of rotatable bonds is 11. The Kier molecular flexibility index (Phi) is 10.8. The van der Waals surface area contributed by atoms with E-state index in [1.165, 1.54) is 0 Å². The maximum absolute atomic E-state index is 12.0. The van der Waals surface area contributed by atoms with E-state index in [0.29, 0.717) is 48.1 Å². The second-order valence-electron chi connectivity index (χ2n) is 10.9. The van der Waals surface area contributed by atoms with Crippen LogP contribution in [0.1, 0.15) is 48.1 Å². The van der Waals surface area contributed by atoms with E-state index < -0.39 is 12.0 Å². The molecule has 9 heteroatoms. The minimum absolute atomic E-state index is 0.443. The van der Waals surface area contributed by atoms with Crippen molar-refractivity contribution >= 4 is 29.7 Å². The number of likely N-dealkylation sites (tertiary alicyclic amines) is 1. The van der Waals surface area contributed by atoms with Crippen LogP contribution in [0.25, 0.3) is 23.3 Å². The van der Waals surface area contributed by atoms with Crippen molar-refractivity contribution < 1.29 is 19.4 Å². The molecule has 2 fully saturated rings. The van der Waals surface area contributed by atoms with Crippen LogP contribution in [0.4, 0.5) is 0 Å². The molecule has 1 N–H and O–H groups in total. The molecule has 0 radical (unpaired) electrons. The van der Waals surface area contributed by atoms with Gasteiger partial charge in [0.1, 0.15) is 17.9 Å². The third kappa shape index (κ3) is 8.01. The molecule has 8 nitrogen and oxygen atoms in total. The molecule has 0 bridgehead atoms. The largest absolute Gasteiger partial charge is 0.493 e. The van der Waals surface area contributed by atoms with E-state index >= 15 is 0 Å². The van der Waals surface area contributed by atoms with Crippen LogP contribution >= 0.6 is 11.6 Å². The van der Waals surface area contributed by atoms with Crippen LogP contribution in [0.3, 0.4) is 0 Å². The zero-order valence-electron chi connectivity index (χ0n) is 24.3. The van der Waals surface area contributed by atoms with Gasteiger partial charge < -0.3 is 14.6 Å². The minimum atomic E-state index is -0.795. The molecular weight excluding hydrogens is 564 g/mol. The maximum atomic E-state index is 12.0. The zero-order valence-corrected chi connectivity index (χ0v) is 25.0. The Morgan fingerprint density at radius 3 is 2.72 bits per heavy atom. The van der Waals surface area contributed by atoms with Gasteiger partial charge in [0.15, 0.2) is 0 Å². The molecule has 3 aromatic rings. The number of morpholine rings is 1. The summed E-state index contributed by atoms with van der Waals surface area (Å²) in [7, 11) is 0. The molecule has 0 saturated carbocycles. The molecule has 2 aliphatic heterocycles. The second-order valence-corrected chi connectivity index (χ2v) is 11.3. The molecule has 1 unspecified atom stereocenters. The standard InChI is InChI=1S/C34H37ClN4O4/c35-30-21-27(24-39-15-5-4-9-32(39)34(40)41)33(43-18-6-14-38-16-19-42-20-17-38)22-26(30)10-11-31-29(23-36)28(12-13-37-31)25-7-2-1-3-8-25/h1-3,7-8,10-13,21-22,32H,4-6,9,14-20,24H2,(H,40,41)/b11-10+. The number of ether oxygens (including phenoxy) is 2. The Hall–Kier alpha value is -3.74. The average molecular weight is 601 g/mol. The Balaban J connectivity index is 1.40. The van der Waals surface area contributed by atoms with Gasteiger partial charge in [0, 0.05) is 48.5 Å². The van der Waals surface area contributed by atoms with E-state index in [1.54, 1.807) is 12.3 Å². The van der Waals surface area contributed by atoms with Gasteiger partial charge in [0.05, 0.1) is 31.1 Å². The summed E-state index contributed by atoms with van der Waals surface area (Å²) < 4.78 is 11.8. The summed E-state index contributed by atoms with van der Waals surface area (Å²) >= 11 is 6.80. The molecule has 5 rings (SSSR count). The number of halogens is 1. The summed E-state index contributed by atoms with van der Waals surface area (Å²) in [5.41, 5.74) is 4.40. The Bertz CT molecular complexity index is 1470. The molecule has 1 aromatic heterocycles. The molecule has 3 heterocycles. The fourth-order valence-electron chi connectivity index (χ4n) is 5.72. The highest BCUT2D eigenvalue weighted by atomic mass is 35.5. The van der Waals surface area contributed by atoms with Gasteiger partial charge >= 0.3 is 5.97 Å². The van der Waals surface area contributed by atoms with Crippen molar-refractivity contribution in [2.75, 3.05) is 46.0 Å². The lowest BCUT2D eigenvalue weighted by Gasteiger charge is -2.33. The van der Waals surface area contributed by atoms with E-state index in [-0.39, 0.29) is 0 Å². The average Bonchev–Trinajstić information content (AvgIpc) is 3.04. The predicted molar refractivity (Wildman–Crippen MR) is 168 cm³/mol. The number of carboxylic acid groups (broad SMARTS) is 1. The molecule has 0 spiro atoms. The normalized spacial score (nSPS) is 18.0. The van der Waals surface area contributed by atoms with E-state index in [2.05, 4.69) is 16.0 Å². The van der Waals surface area contributed by atoms with Crippen molar-refractivity contribution in [1.82, 2.24) is 14.8 Å². The van der Waals surface area contributed by atoms with Gasteiger partial charge in [0.2, 0.25) is 0 Å². The van der Waals surface area contributed by atoms with Gasteiger partial charge in [-0.05, 0) is 61.2 Å². The first-order chi connectivity index (χ1) is 21.0. The predicted octanol–water partition coefficient (Wildman–Crippen LogP) is 5.98. The Morgan fingerprint density at radius 2 is 1.95 bits per heavy atom. The highest BCUT2D eigenvalue weighted by molar-refractivity contribution is 6.32. The molecule has 2 aliphatic rings. The number of hydrogen-bond acceptors (Lipinski definition) is 7. The molecular formula is C34H37ClN4O4. The molecule has 0 amide bonds. The van der Waals surface area contributed by atoms with Crippen molar-refractivity contribution in [1.29, 1.82) is 5.26 Å². The van der Waals surface area contributed by atoms with Gasteiger partial charge in [0.25, 0.3) is 0 Å². The number of aliphatic carboxylic acids is 1. The lowest BCUT2D eigenvalue weighted by molar-refractivity contribution is -0.144. The summed E-state index contributed by atoms with van der Waals surface area (Å²) in [6.45, 7) is 5.98. The first-order valence-electron chi connectivity index (χ1n) is 14.9. The number of carbonyl (C=O) groups is 1. The van der Waals surface area contributed by atoms with E-state index in [4.69, 9.17) is 21.1 Å². The first kappa shape index (κ1) is 30.7. The van der Waals surface area contributed by atoms with Gasteiger partial charge in [-0.25, -0.2) is 0 Å². The minimum Gasteiger partial charge on any atom is -0.493 e. The van der Waals surface area contributed by atoms with Crippen molar-refractivity contribution in [2.24, 2.45) is 0 Å².